The maximum absolute atomic E-state index is 12.2. The van der Waals surface area contributed by atoms with E-state index in [1.54, 1.807) is 12.1 Å². The molecule has 2 aliphatic carbocycles. The molecule has 0 aliphatic heterocycles. The number of fused-ring (bicyclic) bond motifs is 2. The van der Waals surface area contributed by atoms with E-state index < -0.39 is 0 Å². The molecule has 0 heterocycles. The average Bonchev–Trinajstić information content (AvgIpc) is 2.54. The smallest absolute Gasteiger partial charge is 0.309 e. The van der Waals surface area contributed by atoms with Crippen molar-refractivity contribution in [3.63, 3.8) is 0 Å². The summed E-state index contributed by atoms with van der Waals surface area (Å²) in [6.45, 7) is -0.297. The van der Waals surface area contributed by atoms with Gasteiger partial charge in [-0.25, -0.2) is 0 Å². The third kappa shape index (κ3) is 4.04. The van der Waals surface area contributed by atoms with E-state index in [2.05, 4.69) is 21.2 Å². The molecule has 24 heavy (non-hydrogen) atoms. The molecule has 0 unspecified atom stereocenters. The summed E-state index contributed by atoms with van der Waals surface area (Å²) >= 11 is 3.32. The predicted octanol–water partition coefficient (Wildman–Crippen LogP) is 3.33. The Labute approximate surface area is 149 Å². The van der Waals surface area contributed by atoms with Gasteiger partial charge in [0.15, 0.2) is 6.61 Å². The first-order chi connectivity index (χ1) is 11.5. The van der Waals surface area contributed by atoms with Crippen molar-refractivity contribution >= 4 is 39.3 Å². The van der Waals surface area contributed by atoms with Crippen LogP contribution in [0.25, 0.3) is 0 Å². The molecule has 5 nitrogen and oxygen atoms in total. The third-order valence-electron chi connectivity index (χ3n) is 4.85. The Morgan fingerprint density at radius 2 is 1.75 bits per heavy atom. The lowest BCUT2D eigenvalue weighted by Gasteiger charge is -2.36. The highest BCUT2D eigenvalue weighted by molar-refractivity contribution is 9.10. The van der Waals surface area contributed by atoms with Crippen LogP contribution in [0.2, 0.25) is 0 Å². The second-order valence-electron chi connectivity index (χ2n) is 6.56. The molecule has 1 amide bonds. The van der Waals surface area contributed by atoms with E-state index in [0.29, 0.717) is 24.3 Å². The van der Waals surface area contributed by atoms with Crippen LogP contribution in [0.5, 0.6) is 0 Å². The fraction of sp³-hybridized carbons (Fsp3) is 0.500. The summed E-state index contributed by atoms with van der Waals surface area (Å²) in [5.41, 5.74) is 0.650. The zero-order valence-electron chi connectivity index (χ0n) is 13.3. The lowest BCUT2D eigenvalue weighted by molar-refractivity contribution is -0.155. The second kappa shape index (κ2) is 7.47. The highest BCUT2D eigenvalue weighted by Crippen LogP contribution is 2.40. The maximum atomic E-state index is 12.2. The summed E-state index contributed by atoms with van der Waals surface area (Å²) in [5, 5.41) is 2.68. The van der Waals surface area contributed by atoms with Crippen molar-refractivity contribution in [3.05, 3.63) is 28.7 Å². The van der Waals surface area contributed by atoms with E-state index in [4.69, 9.17) is 4.74 Å². The van der Waals surface area contributed by atoms with Crippen molar-refractivity contribution in [2.45, 2.75) is 32.1 Å². The van der Waals surface area contributed by atoms with Gasteiger partial charge in [-0.3, -0.25) is 14.4 Å². The molecule has 1 aromatic carbocycles. The molecule has 2 atom stereocenters. The standard InChI is InChI=1S/C18H20BrNO4/c19-14-4-6-15(7-5-14)20-16(21)10-24-18(23)13-8-11-2-1-3-12(9-13)17(11)22/h4-7,11-13H,1-3,8-10H2,(H,20,21)/t11-,12-/m1/s1. The summed E-state index contributed by atoms with van der Waals surface area (Å²) < 4.78 is 6.09. The van der Waals surface area contributed by atoms with Gasteiger partial charge in [0.05, 0.1) is 5.92 Å². The Balaban J connectivity index is 1.47. The molecule has 2 aliphatic rings. The highest BCUT2D eigenvalue weighted by atomic mass is 79.9. The number of esters is 1. The topological polar surface area (TPSA) is 72.5 Å². The first kappa shape index (κ1) is 17.1. The van der Waals surface area contributed by atoms with Gasteiger partial charge < -0.3 is 10.1 Å². The van der Waals surface area contributed by atoms with E-state index in [1.165, 1.54) is 0 Å². The van der Waals surface area contributed by atoms with Crippen LogP contribution < -0.4 is 5.32 Å². The van der Waals surface area contributed by atoms with Gasteiger partial charge in [-0.15, -0.1) is 0 Å². The summed E-state index contributed by atoms with van der Waals surface area (Å²) in [6, 6.07) is 7.16. The molecule has 0 saturated heterocycles. The average molecular weight is 394 g/mol. The van der Waals surface area contributed by atoms with E-state index in [1.807, 2.05) is 12.1 Å². The van der Waals surface area contributed by atoms with Gasteiger partial charge >= 0.3 is 5.97 Å². The number of anilines is 1. The molecule has 2 fully saturated rings. The van der Waals surface area contributed by atoms with Gasteiger partial charge in [-0.05, 0) is 49.9 Å². The number of hydrogen-bond donors (Lipinski definition) is 1. The van der Waals surface area contributed by atoms with Gasteiger partial charge in [0.2, 0.25) is 0 Å². The number of halogens is 1. The van der Waals surface area contributed by atoms with Crippen molar-refractivity contribution in [3.8, 4) is 0 Å². The lowest BCUT2D eigenvalue weighted by Crippen LogP contribution is -2.40. The van der Waals surface area contributed by atoms with Crippen LogP contribution in [0.3, 0.4) is 0 Å². The second-order valence-corrected chi connectivity index (χ2v) is 7.47. The molecular weight excluding hydrogens is 374 g/mol. The molecule has 0 radical (unpaired) electrons. The number of hydrogen-bond acceptors (Lipinski definition) is 4. The van der Waals surface area contributed by atoms with E-state index in [0.717, 1.165) is 23.7 Å². The number of carbonyl (C=O) groups excluding carboxylic acids is 3. The largest absolute Gasteiger partial charge is 0.455 e. The molecule has 0 aromatic heterocycles. The minimum atomic E-state index is -0.363. The van der Waals surface area contributed by atoms with Gasteiger partial charge in [-0.1, -0.05) is 22.4 Å². The fourth-order valence-electron chi connectivity index (χ4n) is 3.66. The fourth-order valence-corrected chi connectivity index (χ4v) is 3.92. The Morgan fingerprint density at radius 1 is 1.12 bits per heavy atom. The first-order valence-corrected chi connectivity index (χ1v) is 9.08. The number of benzene rings is 1. The number of nitrogens with one attached hydrogen (secondary N) is 1. The van der Waals surface area contributed by atoms with Crippen LogP contribution in [0, 0.1) is 17.8 Å². The maximum Gasteiger partial charge on any atom is 0.309 e. The summed E-state index contributed by atoms with van der Waals surface area (Å²) in [5.74, 6) is -0.641. The zero-order chi connectivity index (χ0) is 17.1. The van der Waals surface area contributed by atoms with E-state index in [9.17, 15) is 14.4 Å². The number of rotatable bonds is 4. The molecule has 0 spiro atoms. The van der Waals surface area contributed by atoms with Crippen molar-refractivity contribution in [2.75, 3.05) is 11.9 Å². The van der Waals surface area contributed by atoms with Crippen molar-refractivity contribution in [1.82, 2.24) is 0 Å². The molecule has 128 valence electrons. The summed E-state index contributed by atoms with van der Waals surface area (Å²) in [4.78, 5) is 36.1. The number of ketones is 1. The molecular formula is C18H20BrNO4. The molecule has 3 rings (SSSR count). The van der Waals surface area contributed by atoms with Crippen LogP contribution in [-0.2, 0) is 19.1 Å². The zero-order valence-corrected chi connectivity index (χ0v) is 14.9. The molecule has 2 saturated carbocycles. The van der Waals surface area contributed by atoms with Crippen LogP contribution in [0.1, 0.15) is 32.1 Å². The minimum absolute atomic E-state index is 0.00615. The van der Waals surface area contributed by atoms with Gasteiger partial charge in [0.1, 0.15) is 5.78 Å². The van der Waals surface area contributed by atoms with Crippen LogP contribution in [-0.4, -0.2) is 24.3 Å². The quantitative estimate of drug-likeness (QED) is 0.796. The van der Waals surface area contributed by atoms with E-state index >= 15 is 0 Å². The Morgan fingerprint density at radius 3 is 2.38 bits per heavy atom. The number of amides is 1. The Bertz CT molecular complexity index is 627. The number of ether oxygens (including phenoxy) is 1. The Kier molecular flexibility index (Phi) is 5.33. The molecule has 1 aromatic rings. The summed E-state index contributed by atoms with van der Waals surface area (Å²) in [7, 11) is 0. The third-order valence-corrected chi connectivity index (χ3v) is 5.38. The lowest BCUT2D eigenvalue weighted by atomic mass is 9.67. The molecule has 1 N–H and O–H groups in total. The molecule has 2 bridgehead atoms. The minimum Gasteiger partial charge on any atom is -0.455 e. The highest BCUT2D eigenvalue weighted by Gasteiger charge is 2.41. The number of Topliss-reactive ketones (excluding diaryl/α,β-unsaturated/α-hetero) is 1. The van der Waals surface area contributed by atoms with Crippen molar-refractivity contribution < 1.29 is 19.1 Å². The van der Waals surface area contributed by atoms with E-state index in [-0.39, 0.29) is 36.2 Å². The monoisotopic (exact) mass is 393 g/mol. The van der Waals surface area contributed by atoms with Crippen molar-refractivity contribution in [2.24, 2.45) is 17.8 Å². The van der Waals surface area contributed by atoms with Crippen LogP contribution >= 0.6 is 15.9 Å². The summed E-state index contributed by atoms with van der Waals surface area (Å²) in [6.07, 6.45) is 3.97. The Hall–Kier alpha value is -1.69. The van der Waals surface area contributed by atoms with Crippen molar-refractivity contribution in [1.29, 1.82) is 0 Å². The molecule has 6 heteroatoms. The predicted molar refractivity (Wildman–Crippen MR) is 92.3 cm³/mol. The first-order valence-electron chi connectivity index (χ1n) is 8.28. The van der Waals surface area contributed by atoms with Gasteiger partial charge in [-0.2, -0.15) is 0 Å². The van der Waals surface area contributed by atoms with Gasteiger partial charge in [0.25, 0.3) is 5.91 Å². The number of carbonyl (C=O) groups is 3. The normalized spacial score (nSPS) is 25.9. The van der Waals surface area contributed by atoms with Gasteiger partial charge in [0, 0.05) is 22.0 Å². The van der Waals surface area contributed by atoms with Crippen LogP contribution in [0.4, 0.5) is 5.69 Å². The SMILES string of the molecule is O=C(COC(=O)C1C[C@H]2CCC[C@H](C1)C2=O)Nc1ccc(Br)cc1. The van der Waals surface area contributed by atoms with Crippen LogP contribution in [0.15, 0.2) is 28.7 Å².